The maximum Gasteiger partial charge on any atom is 0.304 e. The predicted molar refractivity (Wildman–Crippen MR) is 74.0 cm³/mol. The number of aromatic amines is 1. The van der Waals surface area contributed by atoms with Crippen LogP contribution < -0.4 is 0 Å². The van der Waals surface area contributed by atoms with E-state index in [0.717, 1.165) is 15.7 Å². The average molecular weight is 329 g/mol. The first-order valence-corrected chi connectivity index (χ1v) is 6.54. The molecule has 0 bridgehead atoms. The van der Waals surface area contributed by atoms with Gasteiger partial charge in [-0.2, -0.15) is 0 Å². The number of carboxylic acids is 1. The smallest absolute Gasteiger partial charge is 0.304 e. The molecule has 2 N–H and O–H groups in total. The van der Waals surface area contributed by atoms with Gasteiger partial charge in [0.25, 0.3) is 0 Å². The molecule has 0 radical (unpaired) electrons. The van der Waals surface area contributed by atoms with E-state index in [9.17, 15) is 4.79 Å². The van der Waals surface area contributed by atoms with Gasteiger partial charge in [0.05, 0.1) is 6.42 Å². The summed E-state index contributed by atoms with van der Waals surface area (Å²) in [5, 5.41) is 9.61. The van der Waals surface area contributed by atoms with E-state index >= 15 is 0 Å². The normalized spacial score (nSPS) is 12.3. The quantitative estimate of drug-likeness (QED) is 0.890. The molecule has 0 aliphatic rings. The molecule has 18 heavy (non-hydrogen) atoms. The first kappa shape index (κ1) is 13.2. The van der Waals surface area contributed by atoms with E-state index in [1.807, 2.05) is 18.2 Å². The molecule has 1 aromatic heterocycles. The Morgan fingerprint density at radius 2 is 2.22 bits per heavy atom. The fourth-order valence-corrected chi connectivity index (χ4v) is 2.81. The first-order valence-electron chi connectivity index (χ1n) is 5.37. The molecular weight excluding hydrogens is 318 g/mol. The van der Waals surface area contributed by atoms with Crippen LogP contribution in [0, 0.1) is 0 Å². The molecule has 1 heterocycles. The monoisotopic (exact) mass is 327 g/mol. The zero-order valence-electron chi connectivity index (χ0n) is 9.36. The summed E-state index contributed by atoms with van der Waals surface area (Å²) in [6, 6.07) is 9.19. The number of aromatic nitrogens is 1. The lowest BCUT2D eigenvalue weighted by atomic mass is 9.93. The predicted octanol–water partition coefficient (Wildman–Crippen LogP) is 4.04. The Morgan fingerprint density at radius 1 is 1.44 bits per heavy atom. The summed E-state index contributed by atoms with van der Waals surface area (Å²) in [7, 11) is 0. The van der Waals surface area contributed by atoms with Crippen LogP contribution in [0.2, 0.25) is 5.02 Å². The molecule has 1 unspecified atom stereocenters. The Hall–Kier alpha value is -1.26. The third-order valence-corrected chi connectivity index (χ3v) is 3.34. The molecule has 0 amide bonds. The second-order valence-electron chi connectivity index (χ2n) is 3.98. The fourth-order valence-electron chi connectivity index (χ4n) is 1.92. The molecule has 5 heteroatoms. The largest absolute Gasteiger partial charge is 0.481 e. The van der Waals surface area contributed by atoms with Crippen molar-refractivity contribution in [1.82, 2.24) is 4.98 Å². The molecule has 0 aliphatic heterocycles. The van der Waals surface area contributed by atoms with Crippen molar-refractivity contribution >= 4 is 33.5 Å². The van der Waals surface area contributed by atoms with Crippen molar-refractivity contribution in [2.45, 2.75) is 12.3 Å². The van der Waals surface area contributed by atoms with Gasteiger partial charge in [-0.05, 0) is 35.9 Å². The topological polar surface area (TPSA) is 53.1 Å². The average Bonchev–Trinajstić information content (AvgIpc) is 2.77. The van der Waals surface area contributed by atoms with Crippen LogP contribution in [-0.2, 0) is 4.79 Å². The number of hydrogen-bond donors (Lipinski definition) is 2. The number of hydrogen-bond acceptors (Lipinski definition) is 1. The number of rotatable bonds is 4. The zero-order chi connectivity index (χ0) is 13.1. The van der Waals surface area contributed by atoms with Crippen molar-refractivity contribution in [2.75, 3.05) is 0 Å². The summed E-state index contributed by atoms with van der Waals surface area (Å²) >= 11 is 9.37. The highest BCUT2D eigenvalue weighted by Crippen LogP contribution is 2.31. The van der Waals surface area contributed by atoms with Gasteiger partial charge < -0.3 is 10.1 Å². The molecule has 2 rings (SSSR count). The van der Waals surface area contributed by atoms with Crippen molar-refractivity contribution < 1.29 is 9.90 Å². The minimum absolute atomic E-state index is 0.0211. The van der Waals surface area contributed by atoms with Gasteiger partial charge in [0.1, 0.15) is 0 Å². The van der Waals surface area contributed by atoms with Gasteiger partial charge in [-0.15, -0.1) is 0 Å². The van der Waals surface area contributed by atoms with Gasteiger partial charge in [0, 0.05) is 27.3 Å². The molecule has 0 spiro atoms. The van der Waals surface area contributed by atoms with Crippen LogP contribution in [0.4, 0.5) is 0 Å². The number of benzene rings is 1. The molecule has 0 fully saturated rings. The summed E-state index contributed by atoms with van der Waals surface area (Å²) in [5.41, 5.74) is 1.74. The van der Waals surface area contributed by atoms with Crippen molar-refractivity contribution in [2.24, 2.45) is 0 Å². The maximum absolute atomic E-state index is 11.0. The van der Waals surface area contributed by atoms with Crippen LogP contribution in [-0.4, -0.2) is 16.1 Å². The van der Waals surface area contributed by atoms with Gasteiger partial charge >= 0.3 is 5.97 Å². The van der Waals surface area contributed by atoms with E-state index in [4.69, 9.17) is 16.7 Å². The lowest BCUT2D eigenvalue weighted by Crippen LogP contribution is -2.08. The highest BCUT2D eigenvalue weighted by molar-refractivity contribution is 9.10. The standard InChI is InChI=1S/C13H11BrClNO2/c14-9-4-8(5-10(15)6-9)11(7-13(17)18)12-2-1-3-16-12/h1-6,11,16H,7H2,(H,17,18). The summed E-state index contributed by atoms with van der Waals surface area (Å²) in [6.45, 7) is 0. The van der Waals surface area contributed by atoms with Crippen molar-refractivity contribution in [3.8, 4) is 0 Å². The highest BCUT2D eigenvalue weighted by Gasteiger charge is 2.19. The maximum atomic E-state index is 11.0. The van der Waals surface area contributed by atoms with E-state index in [1.54, 1.807) is 18.3 Å². The lowest BCUT2D eigenvalue weighted by molar-refractivity contribution is -0.137. The Morgan fingerprint density at radius 3 is 2.78 bits per heavy atom. The van der Waals surface area contributed by atoms with Crippen LogP contribution in [0.25, 0.3) is 0 Å². The third-order valence-electron chi connectivity index (χ3n) is 2.66. The third kappa shape index (κ3) is 3.15. The van der Waals surface area contributed by atoms with Gasteiger partial charge in [0.2, 0.25) is 0 Å². The SMILES string of the molecule is O=C(O)CC(c1cc(Cl)cc(Br)c1)c1ccc[nH]1. The molecule has 0 saturated carbocycles. The van der Waals surface area contributed by atoms with E-state index < -0.39 is 5.97 Å². The molecule has 0 saturated heterocycles. The molecule has 1 aromatic carbocycles. The molecular formula is C13H11BrClNO2. The summed E-state index contributed by atoms with van der Waals surface area (Å²) in [6.07, 6.45) is 1.80. The molecule has 1 atom stereocenters. The summed E-state index contributed by atoms with van der Waals surface area (Å²) < 4.78 is 0.840. The number of aliphatic carboxylic acids is 1. The van der Waals surface area contributed by atoms with Crippen LogP contribution in [0.5, 0.6) is 0 Å². The van der Waals surface area contributed by atoms with E-state index in [2.05, 4.69) is 20.9 Å². The first-order chi connectivity index (χ1) is 8.56. The Balaban J connectivity index is 2.42. The zero-order valence-corrected chi connectivity index (χ0v) is 11.7. The summed E-state index contributed by atoms with van der Waals surface area (Å²) in [4.78, 5) is 14.0. The minimum atomic E-state index is -0.842. The minimum Gasteiger partial charge on any atom is -0.481 e. The molecule has 2 aromatic rings. The van der Waals surface area contributed by atoms with E-state index in [1.165, 1.54) is 0 Å². The molecule has 0 aliphatic carbocycles. The number of carboxylic acid groups (broad SMARTS) is 1. The second-order valence-corrected chi connectivity index (χ2v) is 5.33. The Kier molecular flexibility index (Phi) is 4.09. The number of carbonyl (C=O) groups is 1. The van der Waals surface area contributed by atoms with Crippen LogP contribution in [0.15, 0.2) is 41.0 Å². The fraction of sp³-hybridized carbons (Fsp3) is 0.154. The van der Waals surface area contributed by atoms with Gasteiger partial charge in [-0.3, -0.25) is 4.79 Å². The Bertz CT molecular complexity index is 534. The lowest BCUT2D eigenvalue weighted by Gasteiger charge is -2.15. The van der Waals surface area contributed by atoms with Crippen LogP contribution in [0.1, 0.15) is 23.6 Å². The van der Waals surface area contributed by atoms with E-state index in [-0.39, 0.29) is 12.3 Å². The highest BCUT2D eigenvalue weighted by atomic mass is 79.9. The molecule has 3 nitrogen and oxygen atoms in total. The number of nitrogens with one attached hydrogen (secondary N) is 1. The van der Waals surface area contributed by atoms with Gasteiger partial charge in [-0.1, -0.05) is 27.5 Å². The summed E-state index contributed by atoms with van der Waals surface area (Å²) in [5.74, 6) is -1.07. The van der Waals surface area contributed by atoms with Crippen molar-refractivity contribution in [1.29, 1.82) is 0 Å². The Labute approximate surface area is 118 Å². The van der Waals surface area contributed by atoms with Crippen molar-refractivity contribution in [3.05, 3.63) is 57.3 Å². The number of halogens is 2. The number of H-pyrrole nitrogens is 1. The van der Waals surface area contributed by atoms with Crippen molar-refractivity contribution in [3.63, 3.8) is 0 Å². The molecule has 94 valence electrons. The van der Waals surface area contributed by atoms with Gasteiger partial charge in [0.15, 0.2) is 0 Å². The van der Waals surface area contributed by atoms with Gasteiger partial charge in [-0.25, -0.2) is 0 Å². The van der Waals surface area contributed by atoms with Crippen LogP contribution in [0.3, 0.4) is 0 Å². The van der Waals surface area contributed by atoms with Crippen LogP contribution >= 0.6 is 27.5 Å². The second kappa shape index (κ2) is 5.59. The van der Waals surface area contributed by atoms with E-state index in [0.29, 0.717) is 5.02 Å².